The number of hydrogen-bond acceptors (Lipinski definition) is 3. The fourth-order valence-electron chi connectivity index (χ4n) is 2.31. The number of aromatic nitrogens is 1. The number of hydrogen-bond donors (Lipinski definition) is 1. The van der Waals surface area contributed by atoms with Gasteiger partial charge in [-0.25, -0.2) is 4.98 Å². The van der Waals surface area contributed by atoms with Gasteiger partial charge < -0.3 is 9.73 Å². The third-order valence-electron chi connectivity index (χ3n) is 3.37. The van der Waals surface area contributed by atoms with Crippen LogP contribution in [0.5, 0.6) is 0 Å². The molecule has 3 rings (SSSR count). The average Bonchev–Trinajstić information content (AvgIpc) is 2.97. The summed E-state index contributed by atoms with van der Waals surface area (Å²) in [5.41, 5.74) is 2.01. The topological polar surface area (TPSA) is 38.1 Å². The van der Waals surface area contributed by atoms with Gasteiger partial charge in [0, 0.05) is 16.3 Å². The van der Waals surface area contributed by atoms with Crippen LogP contribution in [0.2, 0.25) is 0 Å². The first kappa shape index (κ1) is 13.3. The van der Waals surface area contributed by atoms with E-state index < -0.39 is 0 Å². The minimum absolute atomic E-state index is 0.111. The largest absolute Gasteiger partial charge is 0.469 e. The second-order valence-corrected chi connectivity index (χ2v) is 5.53. The molecular formula is C16H15BrN2O. The van der Waals surface area contributed by atoms with Crippen molar-refractivity contribution in [1.82, 2.24) is 10.3 Å². The first-order valence-corrected chi connectivity index (χ1v) is 7.32. The van der Waals surface area contributed by atoms with Crippen LogP contribution < -0.4 is 5.32 Å². The van der Waals surface area contributed by atoms with E-state index >= 15 is 0 Å². The van der Waals surface area contributed by atoms with Crippen molar-refractivity contribution in [2.24, 2.45) is 0 Å². The van der Waals surface area contributed by atoms with Crippen molar-refractivity contribution in [3.8, 4) is 0 Å². The fourth-order valence-corrected chi connectivity index (χ4v) is 2.93. The molecule has 2 heterocycles. The quantitative estimate of drug-likeness (QED) is 0.782. The number of nitrogens with zero attached hydrogens (tertiary/aromatic N) is 1. The van der Waals surface area contributed by atoms with Gasteiger partial charge in [0.25, 0.3) is 0 Å². The average molecular weight is 331 g/mol. The van der Waals surface area contributed by atoms with E-state index in [-0.39, 0.29) is 6.04 Å². The highest BCUT2D eigenvalue weighted by atomic mass is 79.9. The molecule has 0 amide bonds. The van der Waals surface area contributed by atoms with E-state index in [2.05, 4.69) is 33.4 Å². The van der Waals surface area contributed by atoms with Crippen molar-refractivity contribution in [2.75, 3.05) is 7.05 Å². The Balaban J connectivity index is 2.00. The van der Waals surface area contributed by atoms with Crippen molar-refractivity contribution in [3.63, 3.8) is 0 Å². The lowest BCUT2D eigenvalue weighted by molar-refractivity contribution is 0.461. The number of benzene rings is 1. The lowest BCUT2D eigenvalue weighted by Crippen LogP contribution is -2.20. The van der Waals surface area contributed by atoms with Gasteiger partial charge in [-0.1, -0.05) is 18.2 Å². The molecule has 0 fully saturated rings. The van der Waals surface area contributed by atoms with Crippen molar-refractivity contribution < 1.29 is 4.42 Å². The molecular weight excluding hydrogens is 316 g/mol. The number of rotatable bonds is 4. The highest BCUT2D eigenvalue weighted by molar-refractivity contribution is 9.10. The Morgan fingerprint density at radius 1 is 1.25 bits per heavy atom. The zero-order chi connectivity index (χ0) is 13.9. The smallest absolute Gasteiger partial charge is 0.105 e. The number of para-hydroxylation sites is 1. The van der Waals surface area contributed by atoms with E-state index in [4.69, 9.17) is 9.40 Å². The highest BCUT2D eigenvalue weighted by Crippen LogP contribution is 2.27. The molecule has 1 atom stereocenters. The van der Waals surface area contributed by atoms with Crippen LogP contribution in [0.4, 0.5) is 0 Å². The summed E-state index contributed by atoms with van der Waals surface area (Å²) in [6.45, 7) is 0. The van der Waals surface area contributed by atoms with Gasteiger partial charge in [-0.2, -0.15) is 0 Å². The summed E-state index contributed by atoms with van der Waals surface area (Å²) in [5.74, 6) is 0.950. The lowest BCUT2D eigenvalue weighted by Gasteiger charge is -2.16. The number of pyridine rings is 1. The molecule has 102 valence electrons. The molecule has 0 spiro atoms. The summed E-state index contributed by atoms with van der Waals surface area (Å²) in [7, 11) is 1.94. The van der Waals surface area contributed by atoms with Gasteiger partial charge in [0.15, 0.2) is 0 Å². The molecule has 1 unspecified atom stereocenters. The normalized spacial score (nSPS) is 12.7. The van der Waals surface area contributed by atoms with Gasteiger partial charge in [0.05, 0.1) is 23.5 Å². The summed E-state index contributed by atoms with van der Waals surface area (Å²) in [4.78, 5) is 4.78. The van der Waals surface area contributed by atoms with Crippen LogP contribution in [0.3, 0.4) is 0 Å². The van der Waals surface area contributed by atoms with E-state index in [9.17, 15) is 0 Å². The fraction of sp³-hybridized carbons (Fsp3) is 0.188. The van der Waals surface area contributed by atoms with E-state index in [1.54, 1.807) is 6.26 Å². The molecule has 0 bridgehead atoms. The molecule has 1 aromatic carbocycles. The summed E-state index contributed by atoms with van der Waals surface area (Å²) in [5, 5.41) is 4.44. The number of fused-ring (bicyclic) bond motifs is 1. The maximum Gasteiger partial charge on any atom is 0.105 e. The number of furan rings is 1. The first-order chi connectivity index (χ1) is 9.78. The number of likely N-dealkylation sites (N-methyl/N-ethyl adjacent to an activating group) is 1. The first-order valence-electron chi connectivity index (χ1n) is 6.53. The van der Waals surface area contributed by atoms with Gasteiger partial charge in [-0.15, -0.1) is 0 Å². The molecule has 0 saturated carbocycles. The van der Waals surface area contributed by atoms with E-state index in [0.29, 0.717) is 0 Å². The summed E-state index contributed by atoms with van der Waals surface area (Å²) < 4.78 is 6.45. The van der Waals surface area contributed by atoms with Crippen LogP contribution in [-0.2, 0) is 6.42 Å². The second-order valence-electron chi connectivity index (χ2n) is 4.67. The molecule has 20 heavy (non-hydrogen) atoms. The Morgan fingerprint density at radius 3 is 2.85 bits per heavy atom. The zero-order valence-corrected chi connectivity index (χ0v) is 12.7. The molecule has 1 N–H and O–H groups in total. The molecule has 2 aromatic heterocycles. The third kappa shape index (κ3) is 2.62. The van der Waals surface area contributed by atoms with Crippen molar-refractivity contribution in [3.05, 3.63) is 64.7 Å². The second kappa shape index (κ2) is 5.77. The summed E-state index contributed by atoms with van der Waals surface area (Å²) >= 11 is 3.63. The predicted octanol–water partition coefficient (Wildman–Crippen LogP) is 4.09. The minimum Gasteiger partial charge on any atom is -0.469 e. The Hall–Kier alpha value is -1.65. The Kier molecular flexibility index (Phi) is 3.85. The highest BCUT2D eigenvalue weighted by Gasteiger charge is 2.17. The van der Waals surface area contributed by atoms with E-state index in [1.165, 1.54) is 0 Å². The molecule has 0 saturated heterocycles. The number of nitrogens with one attached hydrogen (secondary N) is 1. The standard InChI is InChI=1S/C16H15BrN2O/c1-18-15(10-12-6-4-8-20-12)16-13(17)9-11-5-2-3-7-14(11)19-16/h2-9,15,18H,10H2,1H3. The molecule has 0 aliphatic heterocycles. The zero-order valence-electron chi connectivity index (χ0n) is 11.1. The maximum absolute atomic E-state index is 5.43. The predicted molar refractivity (Wildman–Crippen MR) is 83.7 cm³/mol. The molecule has 4 heteroatoms. The van der Waals surface area contributed by atoms with Gasteiger partial charge in [0.2, 0.25) is 0 Å². The Bertz CT molecular complexity index is 710. The van der Waals surface area contributed by atoms with Gasteiger partial charge in [-0.3, -0.25) is 0 Å². The van der Waals surface area contributed by atoms with Crippen LogP contribution in [-0.4, -0.2) is 12.0 Å². The number of halogens is 1. The third-order valence-corrected chi connectivity index (χ3v) is 4.00. The van der Waals surface area contributed by atoms with Crippen LogP contribution in [0.1, 0.15) is 17.5 Å². The summed E-state index contributed by atoms with van der Waals surface area (Å²) in [6.07, 6.45) is 2.47. The van der Waals surface area contributed by atoms with Gasteiger partial charge >= 0.3 is 0 Å². The van der Waals surface area contributed by atoms with E-state index in [0.717, 1.165) is 33.3 Å². The minimum atomic E-state index is 0.111. The van der Waals surface area contributed by atoms with Crippen LogP contribution in [0.15, 0.2) is 57.6 Å². The van der Waals surface area contributed by atoms with Crippen LogP contribution >= 0.6 is 15.9 Å². The molecule has 0 radical (unpaired) electrons. The SMILES string of the molecule is CNC(Cc1ccco1)c1nc2ccccc2cc1Br. The molecule has 3 aromatic rings. The van der Waals surface area contributed by atoms with Crippen molar-refractivity contribution in [2.45, 2.75) is 12.5 Å². The van der Waals surface area contributed by atoms with Crippen molar-refractivity contribution in [1.29, 1.82) is 0 Å². The summed E-state index contributed by atoms with van der Waals surface area (Å²) in [6, 6.07) is 14.2. The maximum atomic E-state index is 5.43. The Labute approximate surface area is 126 Å². The molecule has 0 aliphatic carbocycles. The van der Waals surface area contributed by atoms with Gasteiger partial charge in [-0.05, 0) is 47.2 Å². The van der Waals surface area contributed by atoms with Crippen molar-refractivity contribution >= 4 is 26.8 Å². The van der Waals surface area contributed by atoms with Gasteiger partial charge in [0.1, 0.15) is 5.76 Å². The molecule has 3 nitrogen and oxygen atoms in total. The monoisotopic (exact) mass is 330 g/mol. The van der Waals surface area contributed by atoms with E-state index in [1.807, 2.05) is 37.4 Å². The molecule has 0 aliphatic rings. The van der Waals surface area contributed by atoms with Crippen LogP contribution in [0, 0.1) is 0 Å². The Morgan fingerprint density at radius 2 is 2.10 bits per heavy atom. The lowest BCUT2D eigenvalue weighted by atomic mass is 10.1. The van der Waals surface area contributed by atoms with Crippen LogP contribution in [0.25, 0.3) is 10.9 Å².